The summed E-state index contributed by atoms with van der Waals surface area (Å²) >= 11 is 3.34. The van der Waals surface area contributed by atoms with Crippen LogP contribution in [0.4, 0.5) is 4.39 Å². The van der Waals surface area contributed by atoms with Gasteiger partial charge in [-0.2, -0.15) is 5.10 Å². The highest BCUT2D eigenvalue weighted by molar-refractivity contribution is 9.10. The molecule has 0 radical (unpaired) electrons. The monoisotopic (exact) mass is 333 g/mol. The van der Waals surface area contributed by atoms with Crippen LogP contribution in [0.5, 0.6) is 0 Å². The normalized spacial score (nSPS) is 12.8. The number of nitrogens with zero attached hydrogens (tertiary/aromatic N) is 2. The van der Waals surface area contributed by atoms with E-state index < -0.39 is 6.04 Å². The second kappa shape index (κ2) is 5.00. The minimum atomic E-state index is -0.599. The average molecular weight is 334 g/mol. The van der Waals surface area contributed by atoms with Crippen molar-refractivity contribution in [1.29, 1.82) is 0 Å². The van der Waals surface area contributed by atoms with Gasteiger partial charge in [-0.15, -0.1) is 0 Å². The Kier molecular flexibility index (Phi) is 3.31. The van der Waals surface area contributed by atoms with E-state index >= 15 is 0 Å². The summed E-state index contributed by atoms with van der Waals surface area (Å²) in [5.74, 6) is -0.324. The minimum Gasteiger partial charge on any atom is -0.319 e. The number of fused-ring (bicyclic) bond motifs is 1. The van der Waals surface area contributed by atoms with Gasteiger partial charge in [0, 0.05) is 22.5 Å². The highest BCUT2D eigenvalue weighted by Crippen LogP contribution is 2.29. The minimum absolute atomic E-state index is 0.324. The summed E-state index contributed by atoms with van der Waals surface area (Å²) in [5, 5.41) is 5.39. The molecule has 3 nitrogen and oxygen atoms in total. The van der Waals surface area contributed by atoms with E-state index in [9.17, 15) is 4.39 Å². The maximum Gasteiger partial charge on any atom is 0.128 e. The summed E-state index contributed by atoms with van der Waals surface area (Å²) in [5.41, 5.74) is 8.32. The molecule has 0 saturated carbocycles. The SMILES string of the molecule is Cn1nc(C(N)c2cc(Br)ccc2F)c2ccccc21. The van der Waals surface area contributed by atoms with E-state index in [4.69, 9.17) is 5.73 Å². The third kappa shape index (κ3) is 2.13. The van der Waals surface area contributed by atoms with E-state index in [1.54, 1.807) is 16.8 Å². The second-order valence-electron chi connectivity index (χ2n) is 4.67. The van der Waals surface area contributed by atoms with Gasteiger partial charge in [-0.05, 0) is 24.3 Å². The van der Waals surface area contributed by atoms with Crippen molar-refractivity contribution in [2.24, 2.45) is 12.8 Å². The van der Waals surface area contributed by atoms with Gasteiger partial charge >= 0.3 is 0 Å². The van der Waals surface area contributed by atoms with Crippen LogP contribution in [0.1, 0.15) is 17.3 Å². The lowest BCUT2D eigenvalue weighted by Crippen LogP contribution is -2.15. The van der Waals surface area contributed by atoms with Crippen LogP contribution in [0.25, 0.3) is 10.9 Å². The lowest BCUT2D eigenvalue weighted by Gasteiger charge is -2.11. The predicted molar refractivity (Wildman–Crippen MR) is 80.8 cm³/mol. The zero-order chi connectivity index (χ0) is 14.3. The van der Waals surface area contributed by atoms with Crippen molar-refractivity contribution in [3.63, 3.8) is 0 Å². The molecule has 0 aliphatic carbocycles. The summed E-state index contributed by atoms with van der Waals surface area (Å²) in [6, 6.07) is 12.0. The van der Waals surface area contributed by atoms with Gasteiger partial charge in [0.2, 0.25) is 0 Å². The standard InChI is InChI=1S/C15H13BrFN3/c1-20-13-5-3-2-4-10(13)15(19-20)14(18)11-8-9(16)6-7-12(11)17/h2-8,14H,18H2,1H3. The molecule has 1 unspecified atom stereocenters. The molecule has 1 aromatic heterocycles. The zero-order valence-electron chi connectivity index (χ0n) is 10.8. The van der Waals surface area contributed by atoms with E-state index in [0.717, 1.165) is 15.4 Å². The topological polar surface area (TPSA) is 43.8 Å². The van der Waals surface area contributed by atoms with Crippen LogP contribution in [0.15, 0.2) is 46.9 Å². The fourth-order valence-corrected chi connectivity index (χ4v) is 2.75. The van der Waals surface area contributed by atoms with Gasteiger partial charge < -0.3 is 5.73 Å². The first-order valence-electron chi connectivity index (χ1n) is 6.20. The quantitative estimate of drug-likeness (QED) is 0.779. The summed E-state index contributed by atoms with van der Waals surface area (Å²) in [6.07, 6.45) is 0. The first kappa shape index (κ1) is 13.3. The molecule has 20 heavy (non-hydrogen) atoms. The maximum atomic E-state index is 14.0. The number of aryl methyl sites for hydroxylation is 1. The summed E-state index contributed by atoms with van der Waals surface area (Å²) < 4.78 is 16.5. The molecule has 102 valence electrons. The molecule has 0 aliphatic rings. The zero-order valence-corrected chi connectivity index (χ0v) is 12.4. The van der Waals surface area contributed by atoms with Gasteiger partial charge in [0.1, 0.15) is 5.82 Å². The van der Waals surface area contributed by atoms with Crippen molar-refractivity contribution in [2.45, 2.75) is 6.04 Å². The number of rotatable bonds is 2. The summed E-state index contributed by atoms with van der Waals surface area (Å²) in [6.45, 7) is 0. The smallest absolute Gasteiger partial charge is 0.128 e. The molecule has 3 rings (SSSR count). The Labute approximate surface area is 124 Å². The first-order chi connectivity index (χ1) is 9.58. The first-order valence-corrected chi connectivity index (χ1v) is 6.99. The molecule has 0 spiro atoms. The fourth-order valence-electron chi connectivity index (χ4n) is 2.37. The second-order valence-corrected chi connectivity index (χ2v) is 5.59. The van der Waals surface area contributed by atoms with Crippen LogP contribution in [0.3, 0.4) is 0 Å². The molecule has 1 heterocycles. The molecule has 5 heteroatoms. The van der Waals surface area contributed by atoms with Gasteiger partial charge in [-0.1, -0.05) is 34.1 Å². The molecule has 0 amide bonds. The Balaban J connectivity index is 2.18. The molecule has 0 saturated heterocycles. The van der Waals surface area contributed by atoms with E-state index in [2.05, 4.69) is 21.0 Å². The number of benzene rings is 2. The summed E-state index contributed by atoms with van der Waals surface area (Å²) in [4.78, 5) is 0. The highest BCUT2D eigenvalue weighted by Gasteiger charge is 2.20. The number of aromatic nitrogens is 2. The van der Waals surface area contributed by atoms with Crippen LogP contribution in [-0.4, -0.2) is 9.78 Å². The van der Waals surface area contributed by atoms with Crippen LogP contribution in [-0.2, 0) is 7.05 Å². The maximum absolute atomic E-state index is 14.0. The predicted octanol–water partition coefficient (Wildman–Crippen LogP) is 3.52. The van der Waals surface area contributed by atoms with Crippen molar-refractivity contribution in [2.75, 3.05) is 0 Å². The lowest BCUT2D eigenvalue weighted by atomic mass is 10.0. The Morgan fingerprint density at radius 1 is 1.25 bits per heavy atom. The Hall–Kier alpha value is -1.72. The number of hydrogen-bond acceptors (Lipinski definition) is 2. The van der Waals surface area contributed by atoms with Crippen molar-refractivity contribution < 1.29 is 4.39 Å². The van der Waals surface area contributed by atoms with Gasteiger partial charge in [0.05, 0.1) is 17.3 Å². The molecular weight excluding hydrogens is 321 g/mol. The molecule has 2 N–H and O–H groups in total. The Bertz CT molecular complexity index is 782. The molecule has 1 atom stereocenters. The third-order valence-electron chi connectivity index (χ3n) is 3.37. The van der Waals surface area contributed by atoms with Gasteiger partial charge in [0.15, 0.2) is 0 Å². The highest BCUT2D eigenvalue weighted by atomic mass is 79.9. The van der Waals surface area contributed by atoms with Crippen LogP contribution in [0, 0.1) is 5.82 Å². The number of nitrogens with two attached hydrogens (primary N) is 1. The van der Waals surface area contributed by atoms with E-state index in [1.807, 2.05) is 31.3 Å². The van der Waals surface area contributed by atoms with E-state index in [0.29, 0.717) is 11.3 Å². The molecule has 2 aromatic carbocycles. The van der Waals surface area contributed by atoms with E-state index in [1.165, 1.54) is 6.07 Å². The number of para-hydroxylation sites is 1. The Morgan fingerprint density at radius 2 is 2.00 bits per heavy atom. The van der Waals surface area contributed by atoms with Crippen molar-refractivity contribution in [1.82, 2.24) is 9.78 Å². The molecular formula is C15H13BrFN3. The van der Waals surface area contributed by atoms with Gasteiger partial charge in [-0.25, -0.2) is 4.39 Å². The van der Waals surface area contributed by atoms with Gasteiger partial charge in [-0.3, -0.25) is 4.68 Å². The molecule has 3 aromatic rings. The average Bonchev–Trinajstić information content (AvgIpc) is 2.79. The number of hydrogen-bond donors (Lipinski definition) is 1. The number of halogens is 2. The Morgan fingerprint density at radius 3 is 2.80 bits per heavy atom. The molecule has 0 aliphatic heterocycles. The van der Waals surface area contributed by atoms with Crippen LogP contribution in [0.2, 0.25) is 0 Å². The largest absolute Gasteiger partial charge is 0.319 e. The molecule has 0 bridgehead atoms. The fraction of sp³-hybridized carbons (Fsp3) is 0.133. The van der Waals surface area contributed by atoms with Gasteiger partial charge in [0.25, 0.3) is 0 Å². The summed E-state index contributed by atoms with van der Waals surface area (Å²) in [7, 11) is 1.86. The van der Waals surface area contributed by atoms with Crippen molar-refractivity contribution in [3.05, 3.63) is 64.0 Å². The van der Waals surface area contributed by atoms with Crippen LogP contribution >= 0.6 is 15.9 Å². The lowest BCUT2D eigenvalue weighted by molar-refractivity contribution is 0.594. The van der Waals surface area contributed by atoms with E-state index in [-0.39, 0.29) is 5.82 Å². The van der Waals surface area contributed by atoms with Crippen molar-refractivity contribution >= 4 is 26.8 Å². The van der Waals surface area contributed by atoms with Crippen molar-refractivity contribution in [3.8, 4) is 0 Å². The molecule has 0 fully saturated rings. The third-order valence-corrected chi connectivity index (χ3v) is 3.87. The van der Waals surface area contributed by atoms with Crippen LogP contribution < -0.4 is 5.73 Å².